The van der Waals surface area contributed by atoms with E-state index >= 15 is 0 Å². The lowest BCUT2D eigenvalue weighted by molar-refractivity contribution is -0.156. The van der Waals surface area contributed by atoms with Gasteiger partial charge in [-0.1, -0.05) is 58.4 Å². The highest BCUT2D eigenvalue weighted by Crippen LogP contribution is 2.37. The second-order valence-corrected chi connectivity index (χ2v) is 10.0. The zero-order valence-electron chi connectivity index (χ0n) is 19.6. The van der Waals surface area contributed by atoms with Crippen LogP contribution in [0.3, 0.4) is 0 Å². The Labute approximate surface area is 214 Å². The van der Waals surface area contributed by atoms with Crippen LogP contribution in [-0.4, -0.2) is 23.3 Å². The zero-order chi connectivity index (χ0) is 25.4. The van der Waals surface area contributed by atoms with Gasteiger partial charge in [0.15, 0.2) is 10.7 Å². The number of carbonyl (C=O) groups excluding carboxylic acids is 2. The van der Waals surface area contributed by atoms with Crippen LogP contribution in [0.2, 0.25) is 0 Å². The highest BCUT2D eigenvalue weighted by Gasteiger charge is 2.47. The summed E-state index contributed by atoms with van der Waals surface area (Å²) in [6.45, 7) is 6.96. The standard InChI is InChI=1S/C25H28BrN3O4S/c1-17(2)33-21(30)25(15-24(3,4)16-27,19-10-12-20(26)13-11-19)29-22(34)28-23(31)32-14-18-8-6-5-7-9-18/h5-13,17H,14-15H2,1-4H3,(H2,28,29,31,34)/t25-/m1/s1. The number of ether oxygens (including phenoxy) is 2. The Kier molecular flexibility index (Phi) is 9.59. The molecule has 0 bridgehead atoms. The molecule has 0 saturated carbocycles. The molecule has 0 saturated heterocycles. The van der Waals surface area contributed by atoms with Crippen molar-refractivity contribution in [1.82, 2.24) is 10.6 Å². The van der Waals surface area contributed by atoms with Crippen LogP contribution in [0.15, 0.2) is 59.1 Å². The predicted molar refractivity (Wildman–Crippen MR) is 137 cm³/mol. The SMILES string of the molecule is CC(C)OC(=O)[C@](CC(C)(C)C#N)(NC(=S)NC(=O)OCc1ccccc1)c1ccc(Br)cc1. The molecule has 9 heteroatoms. The second kappa shape index (κ2) is 12.0. The summed E-state index contributed by atoms with van der Waals surface area (Å²) in [4.78, 5) is 25.8. The normalized spacial score (nSPS) is 12.7. The maximum Gasteiger partial charge on any atom is 0.413 e. The van der Waals surface area contributed by atoms with Gasteiger partial charge < -0.3 is 14.8 Å². The quantitative estimate of drug-likeness (QED) is 0.341. The lowest BCUT2D eigenvalue weighted by Crippen LogP contribution is -2.58. The van der Waals surface area contributed by atoms with Crippen LogP contribution in [0.25, 0.3) is 0 Å². The maximum atomic E-state index is 13.5. The van der Waals surface area contributed by atoms with E-state index in [1.807, 2.05) is 30.3 Å². The average Bonchev–Trinajstić information content (AvgIpc) is 2.77. The molecule has 0 fully saturated rings. The van der Waals surface area contributed by atoms with Gasteiger partial charge in [0.1, 0.15) is 6.61 Å². The molecule has 34 heavy (non-hydrogen) atoms. The van der Waals surface area contributed by atoms with Gasteiger partial charge in [-0.05, 0) is 63.2 Å². The molecule has 2 rings (SSSR count). The molecule has 0 spiro atoms. The number of alkyl carbamates (subject to hydrolysis) is 1. The number of carbonyl (C=O) groups is 2. The van der Waals surface area contributed by atoms with Gasteiger partial charge in [-0.25, -0.2) is 9.59 Å². The van der Waals surface area contributed by atoms with Crippen molar-refractivity contribution in [1.29, 1.82) is 5.26 Å². The molecular weight excluding hydrogens is 518 g/mol. The molecule has 7 nitrogen and oxygen atoms in total. The number of esters is 1. The van der Waals surface area contributed by atoms with Crippen molar-refractivity contribution in [3.63, 3.8) is 0 Å². The molecule has 2 N–H and O–H groups in total. The molecule has 0 aliphatic rings. The minimum atomic E-state index is -1.53. The first-order chi connectivity index (χ1) is 16.0. The van der Waals surface area contributed by atoms with E-state index in [0.29, 0.717) is 5.56 Å². The van der Waals surface area contributed by atoms with Crippen LogP contribution < -0.4 is 10.6 Å². The third-order valence-corrected chi connectivity index (χ3v) is 5.53. The minimum Gasteiger partial charge on any atom is -0.461 e. The Morgan fingerprint density at radius 3 is 2.29 bits per heavy atom. The fraction of sp³-hybridized carbons (Fsp3) is 0.360. The van der Waals surface area contributed by atoms with Gasteiger partial charge in [0, 0.05) is 10.9 Å². The van der Waals surface area contributed by atoms with Gasteiger partial charge in [0.2, 0.25) is 0 Å². The van der Waals surface area contributed by atoms with Gasteiger partial charge in [-0.15, -0.1) is 0 Å². The largest absolute Gasteiger partial charge is 0.461 e. The summed E-state index contributed by atoms with van der Waals surface area (Å²) < 4.78 is 11.6. The van der Waals surface area contributed by atoms with Crippen molar-refractivity contribution >= 4 is 45.3 Å². The van der Waals surface area contributed by atoms with E-state index in [1.54, 1.807) is 52.0 Å². The summed E-state index contributed by atoms with van der Waals surface area (Å²) in [5.74, 6) is -0.616. The lowest BCUT2D eigenvalue weighted by Gasteiger charge is -2.38. The topological polar surface area (TPSA) is 100 Å². The highest BCUT2D eigenvalue weighted by atomic mass is 79.9. The van der Waals surface area contributed by atoms with Crippen LogP contribution >= 0.6 is 28.1 Å². The van der Waals surface area contributed by atoms with E-state index in [1.165, 1.54) is 0 Å². The van der Waals surface area contributed by atoms with Crippen molar-refractivity contribution in [2.75, 3.05) is 0 Å². The number of nitriles is 1. The third kappa shape index (κ3) is 7.82. The number of amides is 1. The molecular formula is C25H28BrN3O4S. The van der Waals surface area contributed by atoms with E-state index in [2.05, 4.69) is 32.6 Å². The number of rotatable bonds is 8. The van der Waals surface area contributed by atoms with Gasteiger partial charge in [0.25, 0.3) is 0 Å². The van der Waals surface area contributed by atoms with E-state index < -0.39 is 29.1 Å². The number of nitrogens with one attached hydrogen (secondary N) is 2. The monoisotopic (exact) mass is 545 g/mol. The number of halogens is 1. The van der Waals surface area contributed by atoms with Crippen LogP contribution in [0.5, 0.6) is 0 Å². The van der Waals surface area contributed by atoms with Crippen LogP contribution in [-0.2, 0) is 26.4 Å². The molecule has 1 atom stereocenters. The van der Waals surface area contributed by atoms with Crippen molar-refractivity contribution in [3.05, 3.63) is 70.2 Å². The first-order valence-electron chi connectivity index (χ1n) is 10.7. The second-order valence-electron chi connectivity index (χ2n) is 8.68. The number of benzene rings is 2. The average molecular weight is 546 g/mol. The van der Waals surface area contributed by atoms with E-state index in [0.717, 1.165) is 10.0 Å². The minimum absolute atomic E-state index is 0.0323. The first-order valence-corrected chi connectivity index (χ1v) is 11.9. The van der Waals surface area contributed by atoms with Crippen molar-refractivity contribution in [2.24, 2.45) is 5.41 Å². The molecule has 180 valence electrons. The maximum absolute atomic E-state index is 13.5. The first kappa shape index (κ1) is 27.3. The molecule has 0 aliphatic carbocycles. The molecule has 1 amide bonds. The molecule has 0 aromatic heterocycles. The van der Waals surface area contributed by atoms with Gasteiger partial charge in [0.05, 0.1) is 17.6 Å². The summed E-state index contributed by atoms with van der Waals surface area (Å²) in [5.41, 5.74) is -1.11. The number of thiocarbonyl (C=S) groups is 1. The van der Waals surface area contributed by atoms with Crippen LogP contribution in [0.4, 0.5) is 4.79 Å². The molecule has 0 aliphatic heterocycles. The third-order valence-electron chi connectivity index (χ3n) is 4.79. The lowest BCUT2D eigenvalue weighted by atomic mass is 9.75. The van der Waals surface area contributed by atoms with Crippen molar-refractivity contribution < 1.29 is 19.1 Å². The van der Waals surface area contributed by atoms with Gasteiger partial charge in [-0.3, -0.25) is 5.32 Å². The van der Waals surface area contributed by atoms with Crippen LogP contribution in [0.1, 0.15) is 45.2 Å². The number of hydrogen-bond donors (Lipinski definition) is 2. The summed E-state index contributed by atoms with van der Waals surface area (Å²) in [7, 11) is 0. The highest BCUT2D eigenvalue weighted by molar-refractivity contribution is 9.10. The Hall–Kier alpha value is -2.96. The Morgan fingerprint density at radius 1 is 1.12 bits per heavy atom. The fourth-order valence-corrected chi connectivity index (χ4v) is 3.81. The number of hydrogen-bond acceptors (Lipinski definition) is 6. The molecule has 2 aromatic carbocycles. The number of nitrogens with zero attached hydrogens (tertiary/aromatic N) is 1. The Balaban J connectivity index is 2.33. The van der Waals surface area contributed by atoms with Crippen LogP contribution in [0, 0.1) is 16.7 Å². The fourth-order valence-electron chi connectivity index (χ4n) is 3.29. The Bertz CT molecular complexity index is 1050. The smallest absolute Gasteiger partial charge is 0.413 e. The molecule has 0 radical (unpaired) electrons. The van der Waals surface area contributed by atoms with Crippen molar-refractivity contribution in [2.45, 2.75) is 52.4 Å². The van der Waals surface area contributed by atoms with Crippen molar-refractivity contribution in [3.8, 4) is 6.07 Å². The zero-order valence-corrected chi connectivity index (χ0v) is 22.0. The predicted octanol–water partition coefficient (Wildman–Crippen LogP) is 5.34. The Morgan fingerprint density at radius 2 is 1.74 bits per heavy atom. The van der Waals surface area contributed by atoms with E-state index in [-0.39, 0.29) is 18.1 Å². The van der Waals surface area contributed by atoms with E-state index in [9.17, 15) is 14.9 Å². The molecule has 2 aromatic rings. The van der Waals surface area contributed by atoms with E-state index in [4.69, 9.17) is 21.7 Å². The summed E-state index contributed by atoms with van der Waals surface area (Å²) >= 11 is 8.77. The molecule has 0 heterocycles. The summed E-state index contributed by atoms with van der Waals surface area (Å²) in [6.07, 6.45) is -1.15. The van der Waals surface area contributed by atoms with Gasteiger partial charge >= 0.3 is 12.1 Å². The van der Waals surface area contributed by atoms with Gasteiger partial charge in [-0.2, -0.15) is 5.26 Å². The summed E-state index contributed by atoms with van der Waals surface area (Å²) in [6, 6.07) is 18.5. The molecule has 0 unspecified atom stereocenters. The summed E-state index contributed by atoms with van der Waals surface area (Å²) in [5, 5.41) is 15.0.